The third kappa shape index (κ3) is 6.41. The molecule has 3 atom stereocenters. The van der Waals surface area contributed by atoms with Gasteiger partial charge in [-0.15, -0.1) is 0 Å². The minimum atomic E-state index is -4.72. The molecule has 0 bridgehead atoms. The third-order valence-electron chi connectivity index (χ3n) is 4.77. The molecule has 0 spiro atoms. The Balaban J connectivity index is 1.52. The molecule has 0 amide bonds. The van der Waals surface area contributed by atoms with Crippen molar-refractivity contribution in [3.8, 4) is 0 Å². The minimum absolute atomic E-state index is 0.0350. The first-order valence-corrected chi connectivity index (χ1v) is 11.1. The van der Waals surface area contributed by atoms with Crippen LogP contribution in [0, 0.1) is 5.92 Å². The van der Waals surface area contributed by atoms with Crippen LogP contribution in [0.3, 0.4) is 0 Å². The van der Waals surface area contributed by atoms with Crippen molar-refractivity contribution >= 4 is 10.0 Å². The second-order valence-corrected chi connectivity index (χ2v) is 9.19. The Morgan fingerprint density at radius 2 is 1.86 bits per heavy atom. The predicted molar refractivity (Wildman–Crippen MR) is 97.1 cm³/mol. The Labute approximate surface area is 162 Å². The molecule has 28 heavy (non-hydrogen) atoms. The molecular formula is C18H25F3N2O4S. The summed E-state index contributed by atoms with van der Waals surface area (Å²) >= 11 is 0. The lowest BCUT2D eigenvalue weighted by Crippen LogP contribution is -2.42. The average molecular weight is 422 g/mol. The van der Waals surface area contributed by atoms with E-state index in [1.165, 1.54) is 25.0 Å². The fourth-order valence-electron chi connectivity index (χ4n) is 3.21. The zero-order valence-electron chi connectivity index (χ0n) is 15.5. The third-order valence-corrected chi connectivity index (χ3v) is 5.44. The molecule has 3 unspecified atom stereocenters. The lowest BCUT2D eigenvalue weighted by atomic mass is 10.1. The number of alkyl halides is 3. The maximum Gasteiger partial charge on any atom is 0.408 e. The Bertz CT molecular complexity index is 751. The number of benzene rings is 1. The standard InChI is InChI=1S/C18H25F3N2O4S/c1-28(24,25)23-17(18(19,20)21)14-4-2-12(3-5-14)8-22-9-15-10-26-11-16(27-15)13-6-7-13/h2-5,13,15-17,22-23H,6-11H2,1H3. The smallest absolute Gasteiger partial charge is 0.376 e. The first kappa shape index (κ1) is 21.5. The van der Waals surface area contributed by atoms with Gasteiger partial charge in [-0.05, 0) is 29.9 Å². The van der Waals surface area contributed by atoms with Crippen LogP contribution in [-0.2, 0) is 26.0 Å². The van der Waals surface area contributed by atoms with Crippen LogP contribution in [0.15, 0.2) is 24.3 Å². The summed E-state index contributed by atoms with van der Waals surface area (Å²) in [6, 6.07) is 3.41. The van der Waals surface area contributed by atoms with E-state index in [-0.39, 0.29) is 17.8 Å². The zero-order chi connectivity index (χ0) is 20.4. The molecule has 2 aliphatic rings. The van der Waals surface area contributed by atoms with E-state index in [4.69, 9.17) is 9.47 Å². The van der Waals surface area contributed by atoms with Crippen LogP contribution < -0.4 is 10.0 Å². The first-order valence-electron chi connectivity index (χ1n) is 9.18. The van der Waals surface area contributed by atoms with E-state index in [2.05, 4.69) is 5.32 Å². The SMILES string of the molecule is CS(=O)(=O)NC(c1ccc(CNCC2COCC(C3CC3)O2)cc1)C(F)(F)F. The number of sulfonamides is 1. The Morgan fingerprint density at radius 1 is 1.18 bits per heavy atom. The van der Waals surface area contributed by atoms with Gasteiger partial charge in [0.25, 0.3) is 0 Å². The molecule has 1 saturated carbocycles. The van der Waals surface area contributed by atoms with Crippen LogP contribution in [0.1, 0.15) is 30.0 Å². The van der Waals surface area contributed by atoms with Gasteiger partial charge >= 0.3 is 6.18 Å². The van der Waals surface area contributed by atoms with Crippen molar-refractivity contribution in [1.29, 1.82) is 0 Å². The molecule has 0 aromatic heterocycles. The van der Waals surface area contributed by atoms with E-state index in [9.17, 15) is 21.6 Å². The van der Waals surface area contributed by atoms with Crippen molar-refractivity contribution in [3.63, 3.8) is 0 Å². The number of ether oxygens (including phenoxy) is 2. The molecule has 6 nitrogen and oxygen atoms in total. The Kier molecular flexibility index (Phi) is 6.65. The summed E-state index contributed by atoms with van der Waals surface area (Å²) in [6.45, 7) is 2.22. The predicted octanol–water partition coefficient (Wildman–Crippen LogP) is 2.12. The first-order chi connectivity index (χ1) is 13.1. The number of nitrogens with one attached hydrogen (secondary N) is 2. The van der Waals surface area contributed by atoms with Gasteiger partial charge in [0.15, 0.2) is 0 Å². The van der Waals surface area contributed by atoms with E-state index < -0.39 is 22.2 Å². The van der Waals surface area contributed by atoms with Crippen molar-refractivity contribution in [2.45, 2.75) is 43.8 Å². The highest BCUT2D eigenvalue weighted by Crippen LogP contribution is 2.36. The Hall–Kier alpha value is -1.20. The van der Waals surface area contributed by atoms with Crippen molar-refractivity contribution in [1.82, 2.24) is 10.0 Å². The van der Waals surface area contributed by atoms with Gasteiger partial charge in [-0.1, -0.05) is 24.3 Å². The van der Waals surface area contributed by atoms with Crippen LogP contribution >= 0.6 is 0 Å². The van der Waals surface area contributed by atoms with Crippen molar-refractivity contribution in [2.24, 2.45) is 5.92 Å². The number of hydrogen-bond donors (Lipinski definition) is 2. The molecule has 1 aliphatic heterocycles. The molecule has 10 heteroatoms. The van der Waals surface area contributed by atoms with Crippen molar-refractivity contribution in [3.05, 3.63) is 35.4 Å². The number of hydrogen-bond acceptors (Lipinski definition) is 5. The van der Waals surface area contributed by atoms with E-state index in [0.717, 1.165) is 5.56 Å². The van der Waals surface area contributed by atoms with E-state index in [1.807, 2.05) is 0 Å². The highest BCUT2D eigenvalue weighted by atomic mass is 32.2. The molecule has 1 aliphatic carbocycles. The second-order valence-electron chi connectivity index (χ2n) is 7.41. The maximum atomic E-state index is 13.2. The molecular weight excluding hydrogens is 397 g/mol. The van der Waals surface area contributed by atoms with Crippen LogP contribution in [0.4, 0.5) is 13.2 Å². The highest BCUT2D eigenvalue weighted by Gasteiger charge is 2.42. The number of rotatable bonds is 8. The monoisotopic (exact) mass is 422 g/mol. The van der Waals surface area contributed by atoms with Gasteiger partial charge in [0.1, 0.15) is 6.04 Å². The molecule has 1 saturated heterocycles. The van der Waals surface area contributed by atoms with Crippen LogP contribution in [0.25, 0.3) is 0 Å². The summed E-state index contributed by atoms with van der Waals surface area (Å²) in [6.07, 6.45) is -1.51. The lowest BCUT2D eigenvalue weighted by molar-refractivity contribution is -0.153. The van der Waals surface area contributed by atoms with Gasteiger partial charge in [0.05, 0.1) is 31.7 Å². The molecule has 158 valence electrons. The molecule has 2 fully saturated rings. The molecule has 1 heterocycles. The Morgan fingerprint density at radius 3 is 2.43 bits per heavy atom. The maximum absolute atomic E-state index is 13.2. The largest absolute Gasteiger partial charge is 0.408 e. The van der Waals surface area contributed by atoms with Crippen LogP contribution in [0.2, 0.25) is 0 Å². The van der Waals surface area contributed by atoms with E-state index >= 15 is 0 Å². The van der Waals surface area contributed by atoms with Crippen LogP contribution in [-0.4, -0.2) is 52.8 Å². The van der Waals surface area contributed by atoms with Crippen LogP contribution in [0.5, 0.6) is 0 Å². The molecule has 0 radical (unpaired) electrons. The summed E-state index contributed by atoms with van der Waals surface area (Å²) in [5, 5.41) is 3.23. The topological polar surface area (TPSA) is 76.7 Å². The average Bonchev–Trinajstić information content (AvgIpc) is 3.44. The molecule has 1 aromatic rings. The van der Waals surface area contributed by atoms with Gasteiger partial charge in [0, 0.05) is 13.1 Å². The fraction of sp³-hybridized carbons (Fsp3) is 0.667. The molecule has 2 N–H and O–H groups in total. The van der Waals surface area contributed by atoms with Gasteiger partial charge in [-0.2, -0.15) is 17.9 Å². The summed E-state index contributed by atoms with van der Waals surface area (Å²) in [4.78, 5) is 0. The quantitative estimate of drug-likeness (QED) is 0.671. The number of halogens is 3. The van der Waals surface area contributed by atoms with Crippen molar-refractivity contribution in [2.75, 3.05) is 26.0 Å². The van der Waals surface area contributed by atoms with E-state index in [0.29, 0.717) is 38.5 Å². The normalized spacial score (nSPS) is 24.9. The summed E-state index contributed by atoms with van der Waals surface area (Å²) in [5.41, 5.74) is 0.637. The minimum Gasteiger partial charge on any atom is -0.376 e. The van der Waals surface area contributed by atoms with Crippen molar-refractivity contribution < 1.29 is 31.1 Å². The lowest BCUT2D eigenvalue weighted by Gasteiger charge is -2.30. The highest BCUT2D eigenvalue weighted by molar-refractivity contribution is 7.88. The summed E-state index contributed by atoms with van der Waals surface area (Å²) in [5.74, 6) is 0.609. The summed E-state index contributed by atoms with van der Waals surface area (Å²) in [7, 11) is -4.01. The van der Waals surface area contributed by atoms with Gasteiger partial charge in [0.2, 0.25) is 10.0 Å². The van der Waals surface area contributed by atoms with Gasteiger partial charge in [-0.3, -0.25) is 0 Å². The zero-order valence-corrected chi connectivity index (χ0v) is 16.4. The van der Waals surface area contributed by atoms with E-state index in [1.54, 1.807) is 16.9 Å². The molecule has 3 rings (SSSR count). The molecule has 1 aromatic carbocycles. The van der Waals surface area contributed by atoms with Gasteiger partial charge < -0.3 is 14.8 Å². The fourth-order valence-corrected chi connectivity index (χ4v) is 3.90. The second kappa shape index (κ2) is 8.66. The summed E-state index contributed by atoms with van der Waals surface area (Å²) < 4.78 is 75.2. The van der Waals surface area contributed by atoms with Gasteiger partial charge in [-0.25, -0.2) is 8.42 Å².